The van der Waals surface area contributed by atoms with Gasteiger partial charge < -0.3 is 10.2 Å². The van der Waals surface area contributed by atoms with Gasteiger partial charge in [0.05, 0.1) is 5.92 Å². The van der Waals surface area contributed by atoms with Gasteiger partial charge in [-0.3, -0.25) is 24.5 Å². The number of likely N-dealkylation sites (tertiary alicyclic amines) is 1. The highest BCUT2D eigenvalue weighted by Gasteiger charge is 2.28. The molecule has 2 aliphatic heterocycles. The average molecular weight is 369 g/mol. The van der Waals surface area contributed by atoms with Crippen molar-refractivity contribution in [3.63, 3.8) is 0 Å². The monoisotopic (exact) mass is 369 g/mol. The fourth-order valence-electron chi connectivity index (χ4n) is 3.62. The zero-order valence-electron chi connectivity index (χ0n) is 15.1. The smallest absolute Gasteiger partial charge is 0.245 e. The van der Waals surface area contributed by atoms with Crippen LogP contribution in [0.15, 0.2) is 36.9 Å². The van der Waals surface area contributed by atoms with E-state index in [1.54, 1.807) is 17.0 Å². The second-order valence-electron chi connectivity index (χ2n) is 7.02. The van der Waals surface area contributed by atoms with Gasteiger partial charge in [-0.25, -0.2) is 0 Å². The largest absolute Gasteiger partial charge is 0.338 e. The molecule has 0 spiro atoms. The van der Waals surface area contributed by atoms with Crippen LogP contribution in [0.25, 0.3) is 0 Å². The molecular formula is C20H23N3O4. The predicted octanol–water partition coefficient (Wildman–Crippen LogP) is 1.57. The summed E-state index contributed by atoms with van der Waals surface area (Å²) in [6.45, 7) is 4.54. The van der Waals surface area contributed by atoms with Gasteiger partial charge in [-0.05, 0) is 36.6 Å². The molecule has 2 N–H and O–H groups in total. The first-order valence-corrected chi connectivity index (χ1v) is 9.11. The third-order valence-corrected chi connectivity index (χ3v) is 5.07. The number of carbonyl (C=O) groups excluding carboxylic acids is 4. The molecule has 7 nitrogen and oxygen atoms in total. The van der Waals surface area contributed by atoms with E-state index in [2.05, 4.69) is 17.2 Å². The number of carbonyl (C=O) groups is 4. The summed E-state index contributed by atoms with van der Waals surface area (Å²) in [5.41, 5.74) is 1.55. The summed E-state index contributed by atoms with van der Waals surface area (Å²) in [5, 5.41) is 5.19. The van der Waals surface area contributed by atoms with Crippen LogP contribution in [0.1, 0.15) is 37.2 Å². The van der Waals surface area contributed by atoms with Gasteiger partial charge in [0.15, 0.2) is 0 Å². The third-order valence-electron chi connectivity index (χ3n) is 5.07. The van der Waals surface area contributed by atoms with Gasteiger partial charge in [-0.2, -0.15) is 0 Å². The predicted molar refractivity (Wildman–Crippen MR) is 99.7 cm³/mol. The van der Waals surface area contributed by atoms with Crippen LogP contribution in [0, 0.1) is 5.92 Å². The SMILES string of the molecule is C=CC(=O)N1CCCC(C(=O)Nc2ccc(C3CC(=O)NC(=O)C3)cc2)C1. The van der Waals surface area contributed by atoms with Crippen LogP contribution < -0.4 is 10.6 Å². The van der Waals surface area contributed by atoms with Gasteiger partial charge in [0, 0.05) is 37.5 Å². The van der Waals surface area contributed by atoms with E-state index in [0.717, 1.165) is 18.4 Å². The lowest BCUT2D eigenvalue weighted by atomic mass is 9.89. The first-order valence-electron chi connectivity index (χ1n) is 9.11. The summed E-state index contributed by atoms with van der Waals surface area (Å²) in [7, 11) is 0. The highest BCUT2D eigenvalue weighted by Crippen LogP contribution is 2.27. The number of imide groups is 1. The van der Waals surface area contributed by atoms with Crippen LogP contribution in [-0.2, 0) is 19.2 Å². The van der Waals surface area contributed by atoms with Gasteiger partial charge in [-0.15, -0.1) is 0 Å². The van der Waals surface area contributed by atoms with E-state index in [4.69, 9.17) is 0 Å². The van der Waals surface area contributed by atoms with Gasteiger partial charge in [0.1, 0.15) is 0 Å². The van der Waals surface area contributed by atoms with Crippen molar-refractivity contribution >= 4 is 29.3 Å². The molecule has 0 aliphatic carbocycles. The maximum absolute atomic E-state index is 12.5. The minimum Gasteiger partial charge on any atom is -0.338 e. The Morgan fingerprint density at radius 2 is 1.81 bits per heavy atom. The van der Waals surface area contributed by atoms with Crippen LogP contribution >= 0.6 is 0 Å². The molecule has 1 atom stereocenters. The Kier molecular flexibility index (Phi) is 5.69. The molecular weight excluding hydrogens is 346 g/mol. The van der Waals surface area contributed by atoms with E-state index in [1.807, 2.05) is 12.1 Å². The average Bonchev–Trinajstić information content (AvgIpc) is 2.67. The molecule has 1 unspecified atom stereocenters. The Morgan fingerprint density at radius 3 is 2.44 bits per heavy atom. The summed E-state index contributed by atoms with van der Waals surface area (Å²) in [5.74, 6) is -1.16. The number of amides is 4. The summed E-state index contributed by atoms with van der Waals surface area (Å²) in [4.78, 5) is 49.0. The van der Waals surface area contributed by atoms with Crippen molar-refractivity contribution in [1.29, 1.82) is 0 Å². The zero-order valence-corrected chi connectivity index (χ0v) is 15.1. The number of rotatable bonds is 4. The third kappa shape index (κ3) is 4.61. The van der Waals surface area contributed by atoms with E-state index >= 15 is 0 Å². The number of nitrogens with one attached hydrogen (secondary N) is 2. The lowest BCUT2D eigenvalue weighted by Gasteiger charge is -2.31. The molecule has 0 bridgehead atoms. The summed E-state index contributed by atoms with van der Waals surface area (Å²) >= 11 is 0. The van der Waals surface area contributed by atoms with E-state index in [-0.39, 0.29) is 48.3 Å². The van der Waals surface area contributed by atoms with Gasteiger partial charge >= 0.3 is 0 Å². The lowest BCUT2D eigenvalue weighted by Crippen LogP contribution is -2.43. The number of benzene rings is 1. The topological polar surface area (TPSA) is 95.6 Å². The van der Waals surface area contributed by atoms with E-state index in [1.165, 1.54) is 6.08 Å². The Balaban J connectivity index is 1.60. The Labute approximate surface area is 157 Å². The highest BCUT2D eigenvalue weighted by atomic mass is 16.2. The van der Waals surface area contributed by atoms with Crippen molar-refractivity contribution in [3.05, 3.63) is 42.5 Å². The minimum atomic E-state index is -0.260. The minimum absolute atomic E-state index is 0.114. The maximum atomic E-state index is 12.5. The van der Waals surface area contributed by atoms with Crippen molar-refractivity contribution in [1.82, 2.24) is 10.2 Å². The molecule has 0 aromatic heterocycles. The molecule has 142 valence electrons. The molecule has 1 aromatic carbocycles. The maximum Gasteiger partial charge on any atom is 0.245 e. The fraction of sp³-hybridized carbons (Fsp3) is 0.400. The molecule has 0 radical (unpaired) electrons. The molecule has 0 saturated carbocycles. The molecule has 2 fully saturated rings. The van der Waals surface area contributed by atoms with Crippen LogP contribution in [-0.4, -0.2) is 41.6 Å². The van der Waals surface area contributed by atoms with E-state index in [0.29, 0.717) is 18.8 Å². The lowest BCUT2D eigenvalue weighted by molar-refractivity contribution is -0.134. The standard InChI is InChI=1S/C20H23N3O4/c1-2-19(26)23-9-3-4-14(12-23)20(27)21-16-7-5-13(6-8-16)15-10-17(24)22-18(25)11-15/h2,5-8,14-15H,1,3-4,9-12H2,(H,21,27)(H,22,24,25). The Morgan fingerprint density at radius 1 is 1.15 bits per heavy atom. The molecule has 27 heavy (non-hydrogen) atoms. The van der Waals surface area contributed by atoms with Crippen molar-refractivity contribution in [3.8, 4) is 0 Å². The van der Waals surface area contributed by atoms with Gasteiger partial charge in [0.2, 0.25) is 23.6 Å². The van der Waals surface area contributed by atoms with Crippen LogP contribution in [0.2, 0.25) is 0 Å². The number of piperidine rings is 2. The van der Waals surface area contributed by atoms with E-state index < -0.39 is 0 Å². The summed E-state index contributed by atoms with van der Waals surface area (Å²) in [6.07, 6.45) is 3.37. The van der Waals surface area contributed by atoms with Crippen molar-refractivity contribution in [2.75, 3.05) is 18.4 Å². The Bertz CT molecular complexity index is 756. The van der Waals surface area contributed by atoms with Crippen molar-refractivity contribution < 1.29 is 19.2 Å². The van der Waals surface area contributed by atoms with Gasteiger partial charge in [-0.1, -0.05) is 18.7 Å². The number of anilines is 1. The quantitative estimate of drug-likeness (QED) is 0.622. The van der Waals surface area contributed by atoms with Crippen molar-refractivity contribution in [2.45, 2.75) is 31.6 Å². The summed E-state index contributed by atoms with van der Waals surface area (Å²) < 4.78 is 0. The number of hydrogen-bond donors (Lipinski definition) is 2. The fourth-order valence-corrected chi connectivity index (χ4v) is 3.62. The number of hydrogen-bond acceptors (Lipinski definition) is 4. The normalized spacial score (nSPS) is 20.7. The van der Waals surface area contributed by atoms with E-state index in [9.17, 15) is 19.2 Å². The van der Waals surface area contributed by atoms with Crippen LogP contribution in [0.3, 0.4) is 0 Å². The number of nitrogens with zero attached hydrogens (tertiary/aromatic N) is 1. The Hall–Kier alpha value is -2.96. The molecule has 7 heteroatoms. The second-order valence-corrected chi connectivity index (χ2v) is 7.02. The zero-order chi connectivity index (χ0) is 19.4. The molecule has 2 heterocycles. The highest BCUT2D eigenvalue weighted by molar-refractivity contribution is 5.98. The first kappa shape index (κ1) is 18.8. The second kappa shape index (κ2) is 8.16. The molecule has 2 saturated heterocycles. The van der Waals surface area contributed by atoms with Gasteiger partial charge in [0.25, 0.3) is 0 Å². The first-order chi connectivity index (χ1) is 13.0. The molecule has 3 rings (SSSR count). The van der Waals surface area contributed by atoms with Crippen LogP contribution in [0.5, 0.6) is 0 Å². The molecule has 2 aliphatic rings. The summed E-state index contributed by atoms with van der Waals surface area (Å²) in [6, 6.07) is 7.22. The molecule has 4 amide bonds. The van der Waals surface area contributed by atoms with Crippen molar-refractivity contribution in [2.24, 2.45) is 5.92 Å². The van der Waals surface area contributed by atoms with Crippen LogP contribution in [0.4, 0.5) is 5.69 Å². The molecule has 1 aromatic rings.